The van der Waals surface area contributed by atoms with Crippen LogP contribution >= 0.6 is 0 Å². The molecule has 0 unspecified atom stereocenters. The molecule has 248 valence electrons. The van der Waals surface area contributed by atoms with Crippen molar-refractivity contribution in [3.63, 3.8) is 0 Å². The zero-order chi connectivity index (χ0) is 33.7. The maximum atomic E-state index is 6.33. The molecule has 5 aromatic carbocycles. The van der Waals surface area contributed by atoms with Gasteiger partial charge in [0.2, 0.25) is 7.28 Å². The predicted molar refractivity (Wildman–Crippen MR) is 209 cm³/mol. The average molecular weight is 663 g/mol. The fourth-order valence-corrected chi connectivity index (χ4v) is 11.4. The van der Waals surface area contributed by atoms with Gasteiger partial charge in [0.05, 0.1) is 18.9 Å². The van der Waals surface area contributed by atoms with Crippen molar-refractivity contribution in [1.82, 2.24) is 9.55 Å². The quantitative estimate of drug-likeness (QED) is 0.0613. The zero-order valence-electron chi connectivity index (χ0n) is 28.9. The minimum absolute atomic E-state index is 0.182. The maximum Gasteiger partial charge on any atom is 0.217 e. The van der Waals surface area contributed by atoms with Crippen LogP contribution in [0, 0.1) is 0 Å². The van der Waals surface area contributed by atoms with Crippen molar-refractivity contribution in [2.24, 2.45) is 0 Å². The van der Waals surface area contributed by atoms with Crippen molar-refractivity contribution < 1.29 is 9.47 Å². The van der Waals surface area contributed by atoms with Crippen molar-refractivity contribution in [1.29, 1.82) is 0 Å². The third kappa shape index (κ3) is 8.26. The smallest absolute Gasteiger partial charge is 0.217 e. The molecule has 1 heterocycles. The third-order valence-electron chi connectivity index (χ3n) is 9.45. The molecule has 0 spiro atoms. The van der Waals surface area contributed by atoms with Gasteiger partial charge in [0.25, 0.3) is 0 Å². The summed E-state index contributed by atoms with van der Waals surface area (Å²) in [5.74, 6) is 2.03. The van der Waals surface area contributed by atoms with E-state index in [1.165, 1.54) is 26.7 Å². The summed E-state index contributed by atoms with van der Waals surface area (Å²) in [5, 5.41) is 3.95. The summed E-state index contributed by atoms with van der Waals surface area (Å²) < 4.78 is 15.1. The summed E-state index contributed by atoms with van der Waals surface area (Å²) in [6.45, 7) is 5.83. The Balaban J connectivity index is 1.49. The van der Waals surface area contributed by atoms with Crippen molar-refractivity contribution in [2.75, 3.05) is 13.2 Å². The summed E-state index contributed by atoms with van der Waals surface area (Å²) >= 11 is 0. The molecule has 0 aliphatic rings. The van der Waals surface area contributed by atoms with Crippen LogP contribution in [0.4, 0.5) is 0 Å². The van der Waals surface area contributed by atoms with Gasteiger partial charge in [-0.25, -0.2) is 0 Å². The van der Waals surface area contributed by atoms with Crippen LogP contribution in [0.25, 0.3) is 0 Å². The van der Waals surface area contributed by atoms with Crippen molar-refractivity contribution >= 4 is 36.6 Å². The molecule has 0 aliphatic heterocycles. The lowest BCUT2D eigenvalue weighted by Gasteiger charge is -2.35. The SMILES string of the molecule is CCCCOc1cccc([Si](Cn2ccnc2BC(c2ccccc2)c2ccccc2)(c2ccccc2)c2cccc(OCCCC)c2)c1. The summed E-state index contributed by atoms with van der Waals surface area (Å²) in [4.78, 5) is 5.04. The van der Waals surface area contributed by atoms with E-state index in [-0.39, 0.29) is 5.82 Å². The first-order valence-corrected chi connectivity index (χ1v) is 20.0. The van der Waals surface area contributed by atoms with E-state index in [1.54, 1.807) is 0 Å². The minimum Gasteiger partial charge on any atom is -0.494 e. The molecule has 6 heteroatoms. The first-order chi connectivity index (χ1) is 24.2. The normalized spacial score (nSPS) is 11.4. The van der Waals surface area contributed by atoms with E-state index >= 15 is 0 Å². The standard InChI is InChI=1S/C43H47BN2O2Si/c1-3-5-30-47-37-22-16-26-40(32-37)49(39-24-14-9-15-25-39,41-27-17-23-38(33-41)48-31-6-4-2)34-46-29-28-45-43(46)44-42(35-18-10-7-11-19-35)36-20-12-8-13-21-36/h7-29,32-33,42,44H,3-6,30-31,34H2,1-2H3. The van der Waals surface area contributed by atoms with Gasteiger partial charge in [-0.2, -0.15) is 0 Å². The maximum absolute atomic E-state index is 6.33. The monoisotopic (exact) mass is 662 g/mol. The molecule has 0 bridgehead atoms. The van der Waals surface area contributed by atoms with Gasteiger partial charge in [-0.05, 0) is 69.6 Å². The Morgan fingerprint density at radius 3 is 1.61 bits per heavy atom. The lowest BCUT2D eigenvalue weighted by Crippen LogP contribution is -2.70. The molecule has 0 N–H and O–H groups in total. The molecule has 0 aliphatic carbocycles. The van der Waals surface area contributed by atoms with Crippen molar-refractivity contribution in [2.45, 2.75) is 51.5 Å². The van der Waals surface area contributed by atoms with Crippen LogP contribution in [-0.4, -0.2) is 38.1 Å². The van der Waals surface area contributed by atoms with Gasteiger partial charge >= 0.3 is 0 Å². The fourth-order valence-electron chi connectivity index (χ4n) is 6.78. The van der Waals surface area contributed by atoms with Crippen LogP contribution in [0.5, 0.6) is 11.5 Å². The largest absolute Gasteiger partial charge is 0.494 e. The second-order valence-corrected chi connectivity index (χ2v) is 16.6. The number of ether oxygens (including phenoxy) is 2. The number of hydrogen-bond acceptors (Lipinski definition) is 3. The summed E-state index contributed by atoms with van der Waals surface area (Å²) in [6.07, 6.45) is 9.21. The highest BCUT2D eigenvalue weighted by molar-refractivity contribution is 7.10. The van der Waals surface area contributed by atoms with Gasteiger partial charge in [-0.15, -0.1) is 0 Å². The van der Waals surface area contributed by atoms with E-state index in [9.17, 15) is 0 Å². The first kappa shape index (κ1) is 34.1. The van der Waals surface area contributed by atoms with Gasteiger partial charge < -0.3 is 14.0 Å². The molecular weight excluding hydrogens is 615 g/mol. The second-order valence-electron chi connectivity index (χ2n) is 12.8. The molecule has 0 amide bonds. The fraction of sp³-hybridized carbons (Fsp3) is 0.233. The van der Waals surface area contributed by atoms with Gasteiger partial charge in [0.1, 0.15) is 11.5 Å². The Bertz CT molecular complexity index is 1770. The Kier molecular flexibility index (Phi) is 11.8. The topological polar surface area (TPSA) is 36.3 Å². The Labute approximate surface area is 294 Å². The highest BCUT2D eigenvalue weighted by Crippen LogP contribution is 2.24. The molecular formula is C43H47BN2O2Si. The summed E-state index contributed by atoms with van der Waals surface area (Å²) in [5.41, 5.74) is 3.67. The Hall–Kier alpha value is -4.81. The van der Waals surface area contributed by atoms with Crippen LogP contribution in [0.3, 0.4) is 0 Å². The summed E-state index contributed by atoms with van der Waals surface area (Å²) in [7, 11) is -1.97. The lowest BCUT2D eigenvalue weighted by molar-refractivity contribution is 0.309. The molecule has 0 fully saturated rings. The summed E-state index contributed by atoms with van der Waals surface area (Å²) in [6, 6.07) is 50.5. The van der Waals surface area contributed by atoms with Crippen LogP contribution in [-0.2, 0) is 6.17 Å². The van der Waals surface area contributed by atoms with Crippen LogP contribution < -0.4 is 30.8 Å². The van der Waals surface area contributed by atoms with E-state index < -0.39 is 8.07 Å². The predicted octanol–water partition coefficient (Wildman–Crippen LogP) is 6.80. The molecule has 0 saturated heterocycles. The second kappa shape index (κ2) is 17.0. The molecule has 4 nitrogen and oxygen atoms in total. The zero-order valence-corrected chi connectivity index (χ0v) is 29.9. The number of imidazole rings is 1. The van der Waals surface area contributed by atoms with Gasteiger partial charge in [-0.1, -0.05) is 142 Å². The molecule has 6 rings (SSSR count). The highest BCUT2D eigenvalue weighted by Gasteiger charge is 2.41. The van der Waals surface area contributed by atoms with Gasteiger partial charge in [0, 0.05) is 18.6 Å². The molecule has 0 saturated carbocycles. The third-order valence-corrected chi connectivity index (χ3v) is 14.2. The van der Waals surface area contributed by atoms with Crippen LogP contribution in [0.2, 0.25) is 0 Å². The molecule has 49 heavy (non-hydrogen) atoms. The molecule has 0 atom stereocenters. The number of benzene rings is 5. The van der Waals surface area contributed by atoms with E-state index in [2.05, 4.69) is 164 Å². The van der Waals surface area contributed by atoms with E-state index in [0.717, 1.165) is 56.4 Å². The first-order valence-electron chi connectivity index (χ1n) is 17.8. The Morgan fingerprint density at radius 1 is 0.612 bits per heavy atom. The molecule has 6 aromatic rings. The van der Waals surface area contributed by atoms with Gasteiger partial charge in [0.15, 0.2) is 8.07 Å². The molecule has 1 aromatic heterocycles. The van der Waals surface area contributed by atoms with Crippen molar-refractivity contribution in [3.8, 4) is 11.5 Å². The van der Waals surface area contributed by atoms with Crippen LogP contribution in [0.1, 0.15) is 56.5 Å². The number of rotatable bonds is 17. The number of nitrogens with zero attached hydrogens (tertiary/aromatic N) is 2. The number of aromatic nitrogens is 2. The average Bonchev–Trinajstić information content (AvgIpc) is 3.60. The number of hydrogen-bond donors (Lipinski definition) is 0. The van der Waals surface area contributed by atoms with Gasteiger partial charge in [-0.3, -0.25) is 4.98 Å². The van der Waals surface area contributed by atoms with Crippen LogP contribution in [0.15, 0.2) is 152 Å². The van der Waals surface area contributed by atoms with Crippen molar-refractivity contribution in [3.05, 3.63) is 163 Å². The Morgan fingerprint density at radius 2 is 1.10 bits per heavy atom. The number of unbranched alkanes of at least 4 members (excludes halogenated alkanes) is 2. The lowest BCUT2D eigenvalue weighted by atomic mass is 9.58. The van der Waals surface area contributed by atoms with E-state index in [0.29, 0.717) is 13.2 Å². The minimum atomic E-state index is -2.76. The van der Waals surface area contributed by atoms with E-state index in [4.69, 9.17) is 14.5 Å². The molecule has 0 radical (unpaired) electrons. The highest BCUT2D eigenvalue weighted by atomic mass is 28.3. The van der Waals surface area contributed by atoms with E-state index in [1.807, 2.05) is 6.20 Å².